The van der Waals surface area contributed by atoms with Crippen molar-refractivity contribution in [3.05, 3.63) is 53.1 Å². The van der Waals surface area contributed by atoms with Crippen molar-refractivity contribution in [1.29, 1.82) is 0 Å². The Morgan fingerprint density at radius 1 is 1.15 bits per heavy atom. The summed E-state index contributed by atoms with van der Waals surface area (Å²) in [6, 6.07) is 10.6. The summed E-state index contributed by atoms with van der Waals surface area (Å²) in [7, 11) is -1.96. The van der Waals surface area contributed by atoms with Crippen LogP contribution in [-0.4, -0.2) is 34.5 Å². The van der Waals surface area contributed by atoms with Crippen molar-refractivity contribution in [2.45, 2.75) is 25.2 Å². The van der Waals surface area contributed by atoms with Crippen molar-refractivity contribution in [2.24, 2.45) is 0 Å². The van der Waals surface area contributed by atoms with E-state index >= 15 is 0 Å². The first kappa shape index (κ1) is 18.4. The molecular formula is C19H22N2O4S. The van der Waals surface area contributed by atoms with E-state index in [1.165, 1.54) is 11.0 Å². The average Bonchev–Trinajstić information content (AvgIpc) is 2.88. The van der Waals surface area contributed by atoms with E-state index in [-0.39, 0.29) is 30.4 Å². The highest BCUT2D eigenvalue weighted by atomic mass is 32.2. The monoisotopic (exact) mass is 374 g/mol. The normalized spacial score (nSPS) is 13.8. The van der Waals surface area contributed by atoms with E-state index in [1.807, 2.05) is 32.0 Å². The minimum Gasteiger partial charge on any atom is -0.492 e. The molecule has 0 aliphatic carbocycles. The standard InChI is InChI=1S/C19H22N2O4S/c1-13-4-5-14(2)18(10-13)25-9-8-20-26(23,24)16-6-7-17-15(11-16)12-19(22)21(17)3/h4-7,10-11,20H,8-9,12H2,1-3H3. The number of ether oxygens (including phenoxy) is 1. The van der Waals surface area contributed by atoms with E-state index in [0.717, 1.165) is 28.1 Å². The fraction of sp³-hybridized carbons (Fsp3) is 0.316. The Labute approximate surface area is 153 Å². The van der Waals surface area contributed by atoms with Crippen molar-refractivity contribution < 1.29 is 17.9 Å². The summed E-state index contributed by atoms with van der Waals surface area (Å²) in [6.07, 6.45) is 0.227. The number of benzene rings is 2. The van der Waals surface area contributed by atoms with Gasteiger partial charge in [-0.1, -0.05) is 12.1 Å². The number of rotatable bonds is 6. The molecule has 1 heterocycles. The number of fused-ring (bicyclic) bond motifs is 1. The summed E-state index contributed by atoms with van der Waals surface area (Å²) in [5, 5.41) is 0. The number of anilines is 1. The lowest BCUT2D eigenvalue weighted by Gasteiger charge is -2.12. The summed E-state index contributed by atoms with van der Waals surface area (Å²) in [5.41, 5.74) is 3.58. The summed E-state index contributed by atoms with van der Waals surface area (Å²) in [5.74, 6) is 0.715. The zero-order valence-corrected chi connectivity index (χ0v) is 15.9. The van der Waals surface area contributed by atoms with Gasteiger partial charge in [0.05, 0.1) is 11.3 Å². The molecule has 0 unspecified atom stereocenters. The number of likely N-dealkylation sites (N-methyl/N-ethyl adjacent to an activating group) is 1. The fourth-order valence-corrected chi connectivity index (χ4v) is 3.96. The summed E-state index contributed by atoms with van der Waals surface area (Å²) in [4.78, 5) is 13.4. The van der Waals surface area contributed by atoms with Crippen LogP contribution in [-0.2, 0) is 21.2 Å². The van der Waals surface area contributed by atoms with Crippen LogP contribution < -0.4 is 14.4 Å². The highest BCUT2D eigenvalue weighted by Gasteiger charge is 2.26. The third-order valence-corrected chi connectivity index (χ3v) is 5.89. The van der Waals surface area contributed by atoms with Crippen molar-refractivity contribution in [1.82, 2.24) is 4.72 Å². The van der Waals surface area contributed by atoms with Gasteiger partial charge in [-0.25, -0.2) is 13.1 Å². The molecule has 1 aliphatic heterocycles. The van der Waals surface area contributed by atoms with Crippen molar-refractivity contribution >= 4 is 21.6 Å². The zero-order chi connectivity index (χ0) is 18.9. The number of carbonyl (C=O) groups is 1. The van der Waals surface area contributed by atoms with E-state index in [4.69, 9.17) is 4.74 Å². The highest BCUT2D eigenvalue weighted by Crippen LogP contribution is 2.29. The first-order valence-electron chi connectivity index (χ1n) is 8.37. The van der Waals surface area contributed by atoms with Gasteiger partial charge in [0, 0.05) is 19.3 Å². The predicted octanol–water partition coefficient (Wildman–Crippen LogP) is 2.18. The van der Waals surface area contributed by atoms with E-state index < -0.39 is 10.0 Å². The lowest BCUT2D eigenvalue weighted by atomic mass is 10.1. The van der Waals surface area contributed by atoms with Gasteiger partial charge in [0.2, 0.25) is 15.9 Å². The van der Waals surface area contributed by atoms with E-state index in [0.29, 0.717) is 0 Å². The van der Waals surface area contributed by atoms with Gasteiger partial charge in [0.25, 0.3) is 0 Å². The number of hydrogen-bond acceptors (Lipinski definition) is 4. The minimum absolute atomic E-state index is 0.0376. The highest BCUT2D eigenvalue weighted by molar-refractivity contribution is 7.89. The number of amides is 1. The van der Waals surface area contributed by atoms with Crippen molar-refractivity contribution in [2.75, 3.05) is 25.1 Å². The van der Waals surface area contributed by atoms with Crippen LogP contribution in [0, 0.1) is 13.8 Å². The van der Waals surface area contributed by atoms with Gasteiger partial charge in [0.1, 0.15) is 12.4 Å². The number of sulfonamides is 1. The molecule has 0 spiro atoms. The maximum atomic E-state index is 12.5. The summed E-state index contributed by atoms with van der Waals surface area (Å²) < 4.78 is 33.1. The Morgan fingerprint density at radius 3 is 2.69 bits per heavy atom. The molecule has 2 aromatic carbocycles. The Bertz CT molecular complexity index is 954. The minimum atomic E-state index is -3.65. The molecule has 0 fully saturated rings. The second-order valence-corrected chi connectivity index (χ2v) is 8.20. The van der Waals surface area contributed by atoms with Gasteiger partial charge in [-0.05, 0) is 54.8 Å². The molecule has 0 bridgehead atoms. The molecule has 0 atom stereocenters. The Morgan fingerprint density at radius 2 is 1.92 bits per heavy atom. The first-order chi connectivity index (χ1) is 12.3. The SMILES string of the molecule is Cc1ccc(C)c(OCCNS(=O)(=O)c2ccc3c(c2)CC(=O)N3C)c1. The Hall–Kier alpha value is -2.38. The Balaban J connectivity index is 1.62. The second kappa shape index (κ2) is 7.09. The van der Waals surface area contributed by atoms with Gasteiger partial charge in [0.15, 0.2) is 0 Å². The van der Waals surface area contributed by atoms with Crippen molar-refractivity contribution in [3.8, 4) is 5.75 Å². The van der Waals surface area contributed by atoms with Crippen LogP contribution in [0.15, 0.2) is 41.3 Å². The van der Waals surface area contributed by atoms with Gasteiger partial charge >= 0.3 is 0 Å². The van der Waals surface area contributed by atoms with Crippen molar-refractivity contribution in [3.63, 3.8) is 0 Å². The van der Waals surface area contributed by atoms with Crippen LogP contribution in [0.5, 0.6) is 5.75 Å². The molecule has 1 aliphatic rings. The number of carbonyl (C=O) groups excluding carboxylic acids is 1. The maximum Gasteiger partial charge on any atom is 0.240 e. The molecule has 138 valence electrons. The first-order valence-corrected chi connectivity index (χ1v) is 9.85. The molecule has 2 aromatic rings. The molecule has 1 N–H and O–H groups in total. The van der Waals surface area contributed by atoms with E-state index in [2.05, 4.69) is 4.72 Å². The predicted molar refractivity (Wildman–Crippen MR) is 100 cm³/mol. The molecule has 1 amide bonds. The van der Waals surface area contributed by atoms with E-state index in [1.54, 1.807) is 19.2 Å². The van der Waals surface area contributed by atoms with Gasteiger partial charge in [-0.15, -0.1) is 0 Å². The number of hydrogen-bond donors (Lipinski definition) is 1. The number of aryl methyl sites for hydroxylation is 2. The molecule has 0 saturated heterocycles. The third kappa shape index (κ3) is 3.73. The van der Waals surface area contributed by atoms with Crippen LogP contribution in [0.3, 0.4) is 0 Å². The lowest BCUT2D eigenvalue weighted by molar-refractivity contribution is -0.117. The molecule has 0 saturated carbocycles. The average molecular weight is 374 g/mol. The van der Waals surface area contributed by atoms with Crippen LogP contribution in [0.4, 0.5) is 5.69 Å². The van der Waals surface area contributed by atoms with Crippen LogP contribution in [0.2, 0.25) is 0 Å². The number of nitrogens with one attached hydrogen (secondary N) is 1. The topological polar surface area (TPSA) is 75.7 Å². The lowest BCUT2D eigenvalue weighted by Crippen LogP contribution is -2.28. The van der Waals surface area contributed by atoms with Crippen LogP contribution in [0.25, 0.3) is 0 Å². The molecular weight excluding hydrogens is 352 g/mol. The molecule has 26 heavy (non-hydrogen) atoms. The summed E-state index contributed by atoms with van der Waals surface area (Å²) >= 11 is 0. The molecule has 3 rings (SSSR count). The van der Waals surface area contributed by atoms with Gasteiger partial charge in [-0.2, -0.15) is 0 Å². The quantitative estimate of drug-likeness (QED) is 0.787. The van der Waals surface area contributed by atoms with Gasteiger partial charge in [-0.3, -0.25) is 4.79 Å². The third-order valence-electron chi connectivity index (χ3n) is 4.43. The molecule has 6 nitrogen and oxygen atoms in total. The van der Waals surface area contributed by atoms with Crippen LogP contribution in [0.1, 0.15) is 16.7 Å². The second-order valence-electron chi connectivity index (χ2n) is 6.44. The molecule has 7 heteroatoms. The largest absolute Gasteiger partial charge is 0.492 e. The fourth-order valence-electron chi connectivity index (χ4n) is 2.90. The van der Waals surface area contributed by atoms with Gasteiger partial charge < -0.3 is 9.64 Å². The zero-order valence-electron chi connectivity index (χ0n) is 15.1. The smallest absolute Gasteiger partial charge is 0.240 e. The summed E-state index contributed by atoms with van der Waals surface area (Å²) in [6.45, 7) is 4.31. The maximum absolute atomic E-state index is 12.5. The van der Waals surface area contributed by atoms with Crippen LogP contribution >= 0.6 is 0 Å². The molecule has 0 radical (unpaired) electrons. The number of nitrogens with zero attached hydrogens (tertiary/aromatic N) is 1. The molecule has 0 aromatic heterocycles. The Kier molecular flexibility index (Phi) is 5.02. The van der Waals surface area contributed by atoms with E-state index in [9.17, 15) is 13.2 Å².